The van der Waals surface area contributed by atoms with Gasteiger partial charge in [0.05, 0.1) is 32.0 Å². The van der Waals surface area contributed by atoms with Crippen LogP contribution in [0.4, 0.5) is 0 Å². The highest BCUT2D eigenvalue weighted by atomic mass is 16.7. The van der Waals surface area contributed by atoms with Crippen molar-refractivity contribution in [3.05, 3.63) is 36.5 Å². The van der Waals surface area contributed by atoms with E-state index in [2.05, 4.69) is 43.5 Å². The summed E-state index contributed by atoms with van der Waals surface area (Å²) in [6, 6.07) is -0.935. The Kier molecular flexibility index (Phi) is 43.5. The number of hydrogen-bond donors (Lipinski definition) is 9. The van der Waals surface area contributed by atoms with E-state index in [9.17, 15) is 45.6 Å². The van der Waals surface area contributed by atoms with Gasteiger partial charge in [-0.2, -0.15) is 0 Å². The first-order valence-electron chi connectivity index (χ1n) is 30.7. The van der Waals surface area contributed by atoms with Gasteiger partial charge < -0.3 is 65.1 Å². The van der Waals surface area contributed by atoms with Gasteiger partial charge in [-0.25, -0.2) is 0 Å². The summed E-state index contributed by atoms with van der Waals surface area (Å²) >= 11 is 0. The van der Waals surface area contributed by atoms with E-state index in [1.54, 1.807) is 6.08 Å². The first kappa shape index (κ1) is 69.3. The molecule has 2 heterocycles. The van der Waals surface area contributed by atoms with Gasteiger partial charge in [-0.3, -0.25) is 4.79 Å². The third-order valence-corrected chi connectivity index (χ3v) is 15.0. The molecule has 0 aromatic carbocycles. The van der Waals surface area contributed by atoms with Gasteiger partial charge in [0.25, 0.3) is 0 Å². The highest BCUT2D eigenvalue weighted by molar-refractivity contribution is 5.76. The Bertz CT molecular complexity index is 1400. The van der Waals surface area contributed by atoms with Crippen LogP contribution >= 0.6 is 0 Å². The molecule has 0 aliphatic carbocycles. The van der Waals surface area contributed by atoms with Crippen LogP contribution in [0.25, 0.3) is 0 Å². The zero-order chi connectivity index (χ0) is 54.6. The van der Waals surface area contributed by atoms with E-state index in [0.29, 0.717) is 12.8 Å². The van der Waals surface area contributed by atoms with Crippen molar-refractivity contribution >= 4 is 5.91 Å². The predicted octanol–water partition coefficient (Wildman–Crippen LogP) is 10.6. The van der Waals surface area contributed by atoms with Gasteiger partial charge in [0.15, 0.2) is 12.6 Å². The lowest BCUT2D eigenvalue weighted by Crippen LogP contribution is -2.65. The molecule has 12 atom stereocenters. The molecule has 75 heavy (non-hydrogen) atoms. The lowest BCUT2D eigenvalue weighted by molar-refractivity contribution is -0.359. The van der Waals surface area contributed by atoms with Crippen LogP contribution in [0.2, 0.25) is 0 Å². The summed E-state index contributed by atoms with van der Waals surface area (Å²) in [4.78, 5) is 13.2. The minimum Gasteiger partial charge on any atom is -0.394 e. The zero-order valence-corrected chi connectivity index (χ0v) is 47.3. The molecular formula is C61H113NO13. The molecule has 2 rings (SSSR count). The maximum Gasteiger partial charge on any atom is 0.220 e. The van der Waals surface area contributed by atoms with Crippen LogP contribution in [0.5, 0.6) is 0 Å². The van der Waals surface area contributed by atoms with Gasteiger partial charge in [0.1, 0.15) is 48.8 Å². The third kappa shape index (κ3) is 32.8. The lowest BCUT2D eigenvalue weighted by atomic mass is 9.97. The fourth-order valence-electron chi connectivity index (χ4n) is 10.1. The van der Waals surface area contributed by atoms with Gasteiger partial charge in [-0.05, 0) is 57.8 Å². The standard InChI is InChI=1S/C61H113NO13/c1-3-5-7-9-11-13-15-17-18-19-20-21-22-23-24-25-26-27-28-29-30-31-33-34-36-38-40-42-44-50(65)49(62-53(66)45-43-41-39-37-35-32-16-14-12-10-8-6-4-2)48-72-60-58(71)56(69)59(52(47-64)74-60)75-61-57(70)55(68)54(67)51(46-63)73-61/h14,16,34,36,42,44,49-52,54-61,63-65,67-71H,3-13,15,17-33,35,37-41,43,45-48H2,1-2H3,(H,62,66)/b16-14-,36-34+,44-42+. The number of amides is 1. The molecule has 0 aromatic heterocycles. The monoisotopic (exact) mass is 1070 g/mol. The quantitative estimate of drug-likeness (QED) is 0.0204. The number of ether oxygens (including phenoxy) is 4. The summed E-state index contributed by atoms with van der Waals surface area (Å²) in [6.07, 6.45) is 40.6. The minimum atomic E-state index is -1.79. The lowest BCUT2D eigenvalue weighted by Gasteiger charge is -2.46. The number of carbonyl (C=O) groups is 1. The number of unbranched alkanes of at least 4 members (excludes halogenated alkanes) is 32. The summed E-state index contributed by atoms with van der Waals surface area (Å²) in [7, 11) is 0. The first-order chi connectivity index (χ1) is 36.6. The molecule has 440 valence electrons. The molecule has 14 heteroatoms. The molecule has 0 spiro atoms. The van der Waals surface area contributed by atoms with Gasteiger partial charge >= 0.3 is 0 Å². The Labute approximate surface area is 455 Å². The number of allylic oxidation sites excluding steroid dienone is 5. The smallest absolute Gasteiger partial charge is 0.220 e. The maximum absolute atomic E-state index is 13.2. The number of nitrogens with one attached hydrogen (secondary N) is 1. The fourth-order valence-corrected chi connectivity index (χ4v) is 10.1. The predicted molar refractivity (Wildman–Crippen MR) is 300 cm³/mol. The molecular weight excluding hydrogens is 955 g/mol. The van der Waals surface area contributed by atoms with E-state index in [1.807, 2.05) is 6.08 Å². The largest absolute Gasteiger partial charge is 0.394 e. The molecule has 9 N–H and O–H groups in total. The van der Waals surface area contributed by atoms with Crippen molar-refractivity contribution in [2.24, 2.45) is 0 Å². The van der Waals surface area contributed by atoms with Crippen LogP contribution in [-0.4, -0.2) is 140 Å². The number of carbonyl (C=O) groups excluding carboxylic acids is 1. The molecule has 12 unspecified atom stereocenters. The fraction of sp³-hybridized carbons (Fsp3) is 0.885. The molecule has 0 aromatic rings. The van der Waals surface area contributed by atoms with Crippen LogP contribution in [0.15, 0.2) is 36.5 Å². The Balaban J connectivity index is 1.72. The second-order valence-electron chi connectivity index (χ2n) is 21.8. The summed E-state index contributed by atoms with van der Waals surface area (Å²) in [5.74, 6) is -0.258. The first-order valence-corrected chi connectivity index (χ1v) is 30.7. The van der Waals surface area contributed by atoms with Crippen molar-refractivity contribution < 1.29 is 64.6 Å². The normalized spacial score (nSPS) is 25.3. The van der Waals surface area contributed by atoms with E-state index in [1.165, 1.54) is 167 Å². The van der Waals surface area contributed by atoms with Crippen LogP contribution in [0.3, 0.4) is 0 Å². The second kappa shape index (κ2) is 47.1. The van der Waals surface area contributed by atoms with Gasteiger partial charge in [-0.1, -0.05) is 224 Å². The highest BCUT2D eigenvalue weighted by Gasteiger charge is 2.51. The van der Waals surface area contributed by atoms with E-state index in [0.717, 1.165) is 51.4 Å². The summed E-state index contributed by atoms with van der Waals surface area (Å²) in [5, 5.41) is 87.0. The molecule has 2 aliphatic rings. The topological polar surface area (TPSA) is 228 Å². The second-order valence-corrected chi connectivity index (χ2v) is 21.8. The average molecular weight is 1070 g/mol. The Hall–Kier alpha value is -1.79. The van der Waals surface area contributed by atoms with Crippen LogP contribution in [0.1, 0.15) is 251 Å². The third-order valence-electron chi connectivity index (χ3n) is 15.0. The highest BCUT2D eigenvalue weighted by Crippen LogP contribution is 2.30. The minimum absolute atomic E-state index is 0.258. The van der Waals surface area contributed by atoms with Crippen LogP contribution in [0, 0.1) is 0 Å². The number of aliphatic hydroxyl groups excluding tert-OH is 8. The summed E-state index contributed by atoms with van der Waals surface area (Å²) in [5.41, 5.74) is 0. The Morgan fingerprint density at radius 1 is 0.467 bits per heavy atom. The molecule has 1 amide bonds. The average Bonchev–Trinajstić information content (AvgIpc) is 3.41. The Morgan fingerprint density at radius 2 is 0.853 bits per heavy atom. The van der Waals surface area contributed by atoms with Gasteiger partial charge in [0, 0.05) is 6.42 Å². The molecule has 2 saturated heterocycles. The molecule has 14 nitrogen and oxygen atoms in total. The van der Waals surface area contributed by atoms with Crippen molar-refractivity contribution in [2.75, 3.05) is 19.8 Å². The molecule has 0 bridgehead atoms. The summed E-state index contributed by atoms with van der Waals surface area (Å²) < 4.78 is 22.7. The maximum atomic E-state index is 13.2. The van der Waals surface area contributed by atoms with Crippen molar-refractivity contribution in [2.45, 2.75) is 325 Å². The van der Waals surface area contributed by atoms with E-state index >= 15 is 0 Å². The number of rotatable bonds is 49. The van der Waals surface area contributed by atoms with E-state index in [4.69, 9.17) is 18.9 Å². The van der Waals surface area contributed by atoms with E-state index < -0.39 is 86.8 Å². The van der Waals surface area contributed by atoms with E-state index in [-0.39, 0.29) is 18.9 Å². The van der Waals surface area contributed by atoms with Gasteiger partial charge in [0.2, 0.25) is 5.91 Å². The van der Waals surface area contributed by atoms with Crippen molar-refractivity contribution in [3.63, 3.8) is 0 Å². The SMILES string of the molecule is CCCCCC/C=C\CCCCCCCC(=O)NC(COC1OC(CO)C(OC2OC(CO)C(O)C(O)C2O)C(O)C1O)C(O)/C=C/CC/C=C/CCCCCCCCCCCCCCCCCCCCCCCC. The van der Waals surface area contributed by atoms with Crippen molar-refractivity contribution in [1.82, 2.24) is 5.32 Å². The molecule has 2 aliphatic heterocycles. The molecule has 2 fully saturated rings. The van der Waals surface area contributed by atoms with Crippen LogP contribution < -0.4 is 5.32 Å². The van der Waals surface area contributed by atoms with Crippen LogP contribution in [-0.2, 0) is 23.7 Å². The van der Waals surface area contributed by atoms with Crippen molar-refractivity contribution in [3.8, 4) is 0 Å². The summed E-state index contributed by atoms with van der Waals surface area (Å²) in [6.45, 7) is 2.77. The Morgan fingerprint density at radius 3 is 1.32 bits per heavy atom. The zero-order valence-electron chi connectivity index (χ0n) is 47.3. The molecule has 0 saturated carbocycles. The van der Waals surface area contributed by atoms with Crippen molar-refractivity contribution in [1.29, 1.82) is 0 Å². The number of aliphatic hydroxyl groups is 8. The number of hydrogen-bond acceptors (Lipinski definition) is 13. The molecule has 0 radical (unpaired) electrons. The van der Waals surface area contributed by atoms with Gasteiger partial charge in [-0.15, -0.1) is 0 Å².